The molecule has 3 N–H and O–H groups in total. The summed E-state index contributed by atoms with van der Waals surface area (Å²) < 4.78 is 10.2. The number of hydrogen-bond acceptors (Lipinski definition) is 7. The Morgan fingerprint density at radius 3 is 2.54 bits per heavy atom. The largest absolute Gasteiger partial charge is 0.462 e. The molecule has 2 aromatic heterocycles. The molecule has 0 spiro atoms. The Kier molecular flexibility index (Phi) is 6.29. The molecule has 0 aromatic carbocycles. The summed E-state index contributed by atoms with van der Waals surface area (Å²) in [5.74, 6) is -2.53. The van der Waals surface area contributed by atoms with Crippen LogP contribution < -0.4 is 11.1 Å². The van der Waals surface area contributed by atoms with E-state index in [2.05, 4.69) is 5.32 Å². The molecule has 0 aliphatic rings. The molecule has 2 aromatic rings. The van der Waals surface area contributed by atoms with Crippen molar-refractivity contribution in [3.05, 3.63) is 39.3 Å². The van der Waals surface area contributed by atoms with Crippen LogP contribution in [0.15, 0.2) is 21.9 Å². The van der Waals surface area contributed by atoms with Gasteiger partial charge in [-0.05, 0) is 25.3 Å². The van der Waals surface area contributed by atoms with E-state index >= 15 is 0 Å². The normalized spacial score (nSPS) is 10.4. The second kappa shape index (κ2) is 8.43. The van der Waals surface area contributed by atoms with Crippen molar-refractivity contribution < 1.29 is 28.3 Å². The minimum atomic E-state index is -0.935. The minimum absolute atomic E-state index is 0.00265. The molecule has 0 saturated heterocycles. The molecule has 2 heterocycles. The van der Waals surface area contributed by atoms with E-state index in [1.54, 1.807) is 24.4 Å². The quantitative estimate of drug-likeness (QED) is 0.536. The lowest BCUT2D eigenvalue weighted by Crippen LogP contribution is -2.20. The highest BCUT2D eigenvalue weighted by Crippen LogP contribution is 2.28. The summed E-state index contributed by atoms with van der Waals surface area (Å²) in [5, 5.41) is 4.16. The number of thiophene rings is 1. The highest BCUT2D eigenvalue weighted by Gasteiger charge is 2.29. The van der Waals surface area contributed by atoms with Gasteiger partial charge in [0.15, 0.2) is 5.78 Å². The third-order valence-corrected chi connectivity index (χ3v) is 4.35. The van der Waals surface area contributed by atoms with Gasteiger partial charge in [0.2, 0.25) is 11.8 Å². The summed E-state index contributed by atoms with van der Waals surface area (Å²) in [6.07, 6.45) is -0.105. The number of carbonyl (C=O) groups is 4. The second-order valence-electron chi connectivity index (χ2n) is 5.27. The zero-order chi connectivity index (χ0) is 19.3. The van der Waals surface area contributed by atoms with E-state index in [1.165, 1.54) is 18.3 Å². The summed E-state index contributed by atoms with van der Waals surface area (Å²) >= 11 is 1.29. The highest BCUT2D eigenvalue weighted by atomic mass is 32.1. The van der Waals surface area contributed by atoms with Crippen molar-refractivity contribution in [1.82, 2.24) is 0 Å². The highest BCUT2D eigenvalue weighted by molar-refractivity contribution is 7.12. The van der Waals surface area contributed by atoms with Crippen LogP contribution in [0.2, 0.25) is 0 Å². The Labute approximate surface area is 153 Å². The summed E-state index contributed by atoms with van der Waals surface area (Å²) in [6.45, 7) is 3.17. The molecule has 0 fully saturated rings. The Hall–Kier alpha value is -2.94. The summed E-state index contributed by atoms with van der Waals surface area (Å²) in [6, 6.07) is 3.43. The SMILES string of the molecule is CCOC(=O)c1c(C)oc(NC(=O)CCC(=O)c2cccs2)c1C(N)=O. The van der Waals surface area contributed by atoms with Crippen molar-refractivity contribution in [2.24, 2.45) is 5.73 Å². The molecule has 2 rings (SSSR count). The van der Waals surface area contributed by atoms with Crippen LogP contribution in [0, 0.1) is 6.92 Å². The standard InChI is InChI=1S/C17H18N2O6S/c1-3-24-17(23)13-9(2)25-16(14(13)15(18)22)19-12(21)7-6-10(20)11-5-4-8-26-11/h4-5,8H,3,6-7H2,1-2H3,(H2,18,22)(H,19,21). The minimum Gasteiger partial charge on any atom is -0.462 e. The maximum atomic E-state index is 12.1. The first-order valence-corrected chi connectivity index (χ1v) is 8.70. The number of carbonyl (C=O) groups excluding carboxylic acids is 4. The van der Waals surface area contributed by atoms with E-state index < -0.39 is 17.8 Å². The van der Waals surface area contributed by atoms with Crippen LogP contribution in [-0.4, -0.2) is 30.2 Å². The van der Waals surface area contributed by atoms with Crippen molar-refractivity contribution in [2.45, 2.75) is 26.7 Å². The van der Waals surface area contributed by atoms with Crippen molar-refractivity contribution in [1.29, 1.82) is 0 Å². The zero-order valence-electron chi connectivity index (χ0n) is 14.3. The molecular weight excluding hydrogens is 360 g/mol. The number of furan rings is 1. The van der Waals surface area contributed by atoms with Crippen LogP contribution in [0.1, 0.15) is 55.9 Å². The monoisotopic (exact) mass is 378 g/mol. The fraction of sp³-hybridized carbons (Fsp3) is 0.294. The number of esters is 1. The number of hydrogen-bond donors (Lipinski definition) is 2. The number of ketones is 1. The molecule has 0 unspecified atom stereocenters. The van der Waals surface area contributed by atoms with Gasteiger partial charge < -0.3 is 14.9 Å². The Morgan fingerprint density at radius 2 is 1.96 bits per heavy atom. The fourth-order valence-corrected chi connectivity index (χ4v) is 2.99. The van der Waals surface area contributed by atoms with Gasteiger partial charge in [0, 0.05) is 12.8 Å². The van der Waals surface area contributed by atoms with Crippen LogP contribution in [0.25, 0.3) is 0 Å². The van der Waals surface area contributed by atoms with Gasteiger partial charge >= 0.3 is 5.97 Å². The van der Waals surface area contributed by atoms with E-state index in [9.17, 15) is 19.2 Å². The molecule has 138 valence electrons. The lowest BCUT2D eigenvalue weighted by molar-refractivity contribution is -0.116. The van der Waals surface area contributed by atoms with Crippen LogP contribution in [-0.2, 0) is 9.53 Å². The predicted octanol–water partition coefficient (Wildman–Crippen LogP) is 2.53. The topological polar surface area (TPSA) is 129 Å². The van der Waals surface area contributed by atoms with Gasteiger partial charge in [-0.15, -0.1) is 11.3 Å². The zero-order valence-corrected chi connectivity index (χ0v) is 15.1. The first-order valence-electron chi connectivity index (χ1n) is 7.82. The summed E-state index contributed by atoms with van der Waals surface area (Å²) in [4.78, 5) is 48.3. The molecule has 2 amide bonds. The Bertz CT molecular complexity index is 838. The number of aryl methyl sites for hydroxylation is 1. The van der Waals surface area contributed by atoms with Crippen molar-refractivity contribution in [2.75, 3.05) is 11.9 Å². The number of anilines is 1. The molecule has 0 aliphatic carbocycles. The average molecular weight is 378 g/mol. The molecule has 0 bridgehead atoms. The van der Waals surface area contributed by atoms with E-state index in [-0.39, 0.29) is 48.0 Å². The maximum Gasteiger partial charge on any atom is 0.342 e. The van der Waals surface area contributed by atoms with Gasteiger partial charge in [-0.2, -0.15) is 0 Å². The lowest BCUT2D eigenvalue weighted by Gasteiger charge is -2.04. The van der Waals surface area contributed by atoms with E-state index in [0.29, 0.717) is 4.88 Å². The third kappa shape index (κ3) is 4.37. The van der Waals surface area contributed by atoms with Gasteiger partial charge in [-0.1, -0.05) is 6.07 Å². The first kappa shape index (κ1) is 19.4. The number of nitrogens with one attached hydrogen (secondary N) is 1. The third-order valence-electron chi connectivity index (χ3n) is 3.44. The van der Waals surface area contributed by atoms with Crippen LogP contribution in [0.5, 0.6) is 0 Å². The van der Waals surface area contributed by atoms with Gasteiger partial charge in [0.05, 0.1) is 11.5 Å². The molecule has 0 atom stereocenters. The first-order chi connectivity index (χ1) is 12.3. The van der Waals surface area contributed by atoms with Gasteiger partial charge in [-0.3, -0.25) is 19.7 Å². The van der Waals surface area contributed by atoms with Gasteiger partial charge in [-0.25, -0.2) is 4.79 Å². The predicted molar refractivity (Wildman–Crippen MR) is 94.4 cm³/mol. The van der Waals surface area contributed by atoms with Crippen LogP contribution in [0.4, 0.5) is 5.88 Å². The second-order valence-corrected chi connectivity index (χ2v) is 6.22. The lowest BCUT2D eigenvalue weighted by atomic mass is 10.1. The van der Waals surface area contributed by atoms with E-state index in [1.807, 2.05) is 0 Å². The number of rotatable bonds is 8. The van der Waals surface area contributed by atoms with Crippen LogP contribution >= 0.6 is 11.3 Å². The van der Waals surface area contributed by atoms with E-state index in [4.69, 9.17) is 14.9 Å². The van der Waals surface area contributed by atoms with Gasteiger partial charge in [0.1, 0.15) is 16.9 Å². The molecule has 9 heteroatoms. The Morgan fingerprint density at radius 1 is 1.23 bits per heavy atom. The van der Waals surface area contributed by atoms with Gasteiger partial charge in [0.25, 0.3) is 5.91 Å². The molecular formula is C17H18N2O6S. The molecule has 8 nitrogen and oxygen atoms in total. The van der Waals surface area contributed by atoms with E-state index in [0.717, 1.165) is 0 Å². The van der Waals surface area contributed by atoms with Crippen molar-refractivity contribution >= 4 is 40.8 Å². The average Bonchev–Trinajstić information content (AvgIpc) is 3.20. The molecule has 0 aliphatic heterocycles. The number of primary amides is 1. The summed E-state index contributed by atoms with van der Waals surface area (Å²) in [5.41, 5.74) is 4.94. The number of nitrogens with two attached hydrogens (primary N) is 1. The van der Waals surface area contributed by atoms with Crippen LogP contribution in [0.3, 0.4) is 0 Å². The maximum absolute atomic E-state index is 12.1. The van der Waals surface area contributed by atoms with Crippen molar-refractivity contribution in [3.63, 3.8) is 0 Å². The smallest absolute Gasteiger partial charge is 0.342 e. The number of ether oxygens (including phenoxy) is 1. The molecule has 26 heavy (non-hydrogen) atoms. The number of amides is 2. The van der Waals surface area contributed by atoms with Crippen molar-refractivity contribution in [3.8, 4) is 0 Å². The Balaban J connectivity index is 2.12. The number of Topliss-reactive ketones (excluding diaryl/α,β-unsaturated/α-hetero) is 1. The fourth-order valence-electron chi connectivity index (χ4n) is 2.29. The summed E-state index contributed by atoms with van der Waals surface area (Å²) in [7, 11) is 0. The molecule has 0 saturated carbocycles. The molecule has 0 radical (unpaired) electrons.